The van der Waals surface area contributed by atoms with E-state index in [0.717, 1.165) is 11.0 Å². The van der Waals surface area contributed by atoms with E-state index in [4.69, 9.17) is 11.6 Å². The van der Waals surface area contributed by atoms with E-state index in [-0.39, 0.29) is 16.6 Å². The smallest absolute Gasteiger partial charge is 0.277 e. The summed E-state index contributed by atoms with van der Waals surface area (Å²) in [5.41, 5.74) is 2.52. The molecular formula is C19H18ClN7O. The molecule has 0 unspecified atom stereocenters. The molecule has 142 valence electrons. The molecule has 0 atom stereocenters. The number of hydrogen-bond donors (Lipinski definition) is 2. The van der Waals surface area contributed by atoms with E-state index < -0.39 is 5.91 Å². The topological polar surface area (TPSA) is 101 Å². The lowest BCUT2D eigenvalue weighted by atomic mass is 10.2. The number of rotatable bonds is 4. The number of nitrogens with one attached hydrogen (secondary N) is 2. The van der Waals surface area contributed by atoms with E-state index >= 15 is 0 Å². The van der Waals surface area contributed by atoms with Crippen molar-refractivity contribution >= 4 is 34.4 Å². The van der Waals surface area contributed by atoms with Crippen LogP contribution >= 0.6 is 11.6 Å². The predicted octanol–water partition coefficient (Wildman–Crippen LogP) is 3.78. The number of benzene rings is 1. The Hall–Kier alpha value is -3.26. The summed E-state index contributed by atoms with van der Waals surface area (Å²) < 4.78 is 1.57. The average molecular weight is 396 g/mol. The molecule has 3 aromatic heterocycles. The maximum Gasteiger partial charge on any atom is 0.277 e. The number of para-hydroxylation sites is 2. The van der Waals surface area contributed by atoms with Gasteiger partial charge in [-0.3, -0.25) is 9.48 Å². The van der Waals surface area contributed by atoms with Crippen molar-refractivity contribution in [3.63, 3.8) is 0 Å². The molecule has 0 saturated heterocycles. The fourth-order valence-corrected chi connectivity index (χ4v) is 3.00. The van der Waals surface area contributed by atoms with Gasteiger partial charge in [-0.05, 0) is 12.1 Å². The van der Waals surface area contributed by atoms with E-state index in [1.807, 2.05) is 38.1 Å². The molecule has 0 aliphatic carbocycles. The Kier molecular flexibility index (Phi) is 4.56. The number of fused-ring (bicyclic) bond motifs is 1. The second-order valence-corrected chi connectivity index (χ2v) is 7.07. The zero-order valence-electron chi connectivity index (χ0n) is 15.6. The van der Waals surface area contributed by atoms with Crippen LogP contribution in [-0.2, 0) is 7.05 Å². The Morgan fingerprint density at radius 2 is 2.00 bits per heavy atom. The molecule has 28 heavy (non-hydrogen) atoms. The van der Waals surface area contributed by atoms with Crippen LogP contribution in [0.25, 0.3) is 22.4 Å². The molecule has 2 N–H and O–H groups in total. The van der Waals surface area contributed by atoms with Crippen molar-refractivity contribution in [1.82, 2.24) is 29.7 Å². The highest BCUT2D eigenvalue weighted by atomic mass is 35.5. The molecule has 0 aliphatic rings. The van der Waals surface area contributed by atoms with Crippen molar-refractivity contribution in [2.75, 3.05) is 5.32 Å². The Morgan fingerprint density at radius 3 is 2.75 bits per heavy atom. The maximum atomic E-state index is 12.9. The first-order valence-corrected chi connectivity index (χ1v) is 9.12. The number of aromatic nitrogens is 6. The molecule has 4 aromatic rings. The summed E-state index contributed by atoms with van der Waals surface area (Å²) in [6, 6.07) is 7.70. The summed E-state index contributed by atoms with van der Waals surface area (Å²) >= 11 is 6.16. The van der Waals surface area contributed by atoms with E-state index in [1.165, 1.54) is 6.20 Å². The third-order valence-electron chi connectivity index (χ3n) is 4.31. The van der Waals surface area contributed by atoms with Gasteiger partial charge in [0.15, 0.2) is 5.69 Å². The van der Waals surface area contributed by atoms with Crippen LogP contribution in [0.5, 0.6) is 0 Å². The summed E-state index contributed by atoms with van der Waals surface area (Å²) in [7, 11) is 1.74. The van der Waals surface area contributed by atoms with Gasteiger partial charge in [0.2, 0.25) is 0 Å². The van der Waals surface area contributed by atoms with Gasteiger partial charge in [-0.2, -0.15) is 5.10 Å². The number of halogens is 1. The molecule has 0 fully saturated rings. The van der Waals surface area contributed by atoms with Crippen LogP contribution in [0.15, 0.2) is 36.7 Å². The van der Waals surface area contributed by atoms with E-state index in [1.54, 1.807) is 17.9 Å². The fraction of sp³-hybridized carbons (Fsp3) is 0.211. The van der Waals surface area contributed by atoms with Crippen LogP contribution in [0, 0.1) is 0 Å². The first-order chi connectivity index (χ1) is 13.4. The fourth-order valence-electron chi connectivity index (χ4n) is 2.82. The normalized spacial score (nSPS) is 11.3. The van der Waals surface area contributed by atoms with Crippen LogP contribution in [0.4, 0.5) is 5.82 Å². The zero-order valence-corrected chi connectivity index (χ0v) is 16.3. The minimum Gasteiger partial charge on any atom is -0.338 e. The Morgan fingerprint density at radius 1 is 1.21 bits per heavy atom. The van der Waals surface area contributed by atoms with Crippen molar-refractivity contribution < 1.29 is 4.79 Å². The van der Waals surface area contributed by atoms with Gasteiger partial charge in [-0.1, -0.05) is 37.6 Å². The predicted molar refractivity (Wildman–Crippen MR) is 107 cm³/mol. The van der Waals surface area contributed by atoms with Crippen LogP contribution < -0.4 is 5.32 Å². The van der Waals surface area contributed by atoms with Crippen LogP contribution in [0.3, 0.4) is 0 Å². The number of aryl methyl sites for hydroxylation is 1. The van der Waals surface area contributed by atoms with Crippen molar-refractivity contribution in [1.29, 1.82) is 0 Å². The third-order valence-corrected chi connectivity index (χ3v) is 4.59. The molecule has 4 rings (SSSR count). The monoisotopic (exact) mass is 395 g/mol. The first kappa shape index (κ1) is 18.1. The second kappa shape index (κ2) is 7.05. The highest BCUT2D eigenvalue weighted by Crippen LogP contribution is 2.28. The largest absolute Gasteiger partial charge is 0.338 e. The second-order valence-electron chi connectivity index (χ2n) is 6.67. The molecule has 0 radical (unpaired) electrons. The summed E-state index contributed by atoms with van der Waals surface area (Å²) in [5.74, 6) is 1.30. The molecule has 0 aliphatic heterocycles. The summed E-state index contributed by atoms with van der Waals surface area (Å²) in [4.78, 5) is 29.2. The van der Waals surface area contributed by atoms with Crippen molar-refractivity contribution in [3.8, 4) is 11.4 Å². The molecule has 0 saturated carbocycles. The van der Waals surface area contributed by atoms with Gasteiger partial charge < -0.3 is 10.3 Å². The number of imidazole rings is 1. The van der Waals surface area contributed by atoms with Gasteiger partial charge >= 0.3 is 0 Å². The number of H-pyrrole nitrogens is 1. The van der Waals surface area contributed by atoms with Gasteiger partial charge in [0.25, 0.3) is 5.91 Å². The SMILES string of the molecule is CC(C)c1ncc(Cl)c(C(=O)Nc2c(-c3nc4ccccc4[nH]3)cnn2C)n1. The van der Waals surface area contributed by atoms with Crippen LogP contribution in [0.1, 0.15) is 36.1 Å². The van der Waals surface area contributed by atoms with E-state index in [0.29, 0.717) is 23.0 Å². The van der Waals surface area contributed by atoms with Crippen LogP contribution in [0.2, 0.25) is 5.02 Å². The van der Waals surface area contributed by atoms with E-state index in [9.17, 15) is 4.79 Å². The number of carbonyl (C=O) groups excluding carboxylic acids is 1. The Balaban J connectivity index is 1.70. The van der Waals surface area contributed by atoms with Gasteiger partial charge in [0.05, 0.1) is 34.0 Å². The van der Waals surface area contributed by atoms with Crippen LogP contribution in [-0.4, -0.2) is 35.6 Å². The molecule has 1 amide bonds. The Labute approximate surface area is 166 Å². The molecule has 1 aromatic carbocycles. The molecule has 0 bridgehead atoms. The minimum absolute atomic E-state index is 0.0756. The number of nitrogens with zero attached hydrogens (tertiary/aromatic N) is 5. The number of aromatic amines is 1. The van der Waals surface area contributed by atoms with Crippen molar-refractivity contribution in [2.45, 2.75) is 19.8 Å². The standard InChI is InChI=1S/C19H18ClN7O/c1-10(2)16-21-9-12(20)15(25-16)19(28)26-18-11(8-22-27(18)3)17-23-13-6-4-5-7-14(13)24-17/h4-10H,1-3H3,(H,23,24)(H,26,28). The Bertz CT molecular complexity index is 1150. The lowest BCUT2D eigenvalue weighted by Gasteiger charge is -2.10. The third kappa shape index (κ3) is 3.22. The molecule has 3 heterocycles. The van der Waals surface area contributed by atoms with Gasteiger partial charge in [-0.15, -0.1) is 0 Å². The number of hydrogen-bond acceptors (Lipinski definition) is 5. The molecule has 8 nitrogen and oxygen atoms in total. The zero-order chi connectivity index (χ0) is 19.8. The number of amides is 1. The quantitative estimate of drug-likeness (QED) is 0.547. The minimum atomic E-state index is -0.435. The number of carbonyl (C=O) groups is 1. The van der Waals surface area contributed by atoms with Gasteiger partial charge in [0.1, 0.15) is 17.5 Å². The molecule has 0 spiro atoms. The van der Waals surface area contributed by atoms with Gasteiger partial charge in [-0.25, -0.2) is 15.0 Å². The summed E-state index contributed by atoms with van der Waals surface area (Å²) in [6.07, 6.45) is 3.09. The number of anilines is 1. The van der Waals surface area contributed by atoms with Crippen molar-refractivity contribution in [3.05, 3.63) is 53.2 Å². The average Bonchev–Trinajstić information content (AvgIpc) is 3.25. The molecule has 9 heteroatoms. The highest BCUT2D eigenvalue weighted by Gasteiger charge is 2.21. The lowest BCUT2D eigenvalue weighted by molar-refractivity contribution is 0.102. The first-order valence-electron chi connectivity index (χ1n) is 8.75. The summed E-state index contributed by atoms with van der Waals surface area (Å²) in [5, 5.41) is 7.30. The van der Waals surface area contributed by atoms with Gasteiger partial charge in [0, 0.05) is 13.0 Å². The van der Waals surface area contributed by atoms with Crippen molar-refractivity contribution in [2.24, 2.45) is 7.05 Å². The molecular weight excluding hydrogens is 378 g/mol. The lowest BCUT2D eigenvalue weighted by Crippen LogP contribution is -2.18. The maximum absolute atomic E-state index is 12.9. The highest BCUT2D eigenvalue weighted by molar-refractivity contribution is 6.34. The van der Waals surface area contributed by atoms with E-state index in [2.05, 4.69) is 30.4 Å². The summed E-state index contributed by atoms with van der Waals surface area (Å²) in [6.45, 7) is 3.90.